The first-order valence-electron chi connectivity index (χ1n) is 11.2. The van der Waals surface area contributed by atoms with Gasteiger partial charge < -0.3 is 9.47 Å². The molecule has 1 heterocycles. The number of halogens is 4. The standard InChI is InChI=1S/C27H21F4NO3/c28-18-11-17(12-19(29)14-18)25-21-3-2-20(35-10-7-32-5-8-34-9-6-32)15-22(21)27(33)26(25)16-1-4-23(30)24(31)13-16/h1-4,11-15H,5-10H2. The van der Waals surface area contributed by atoms with Crippen molar-refractivity contribution in [3.63, 3.8) is 0 Å². The zero-order chi connectivity index (χ0) is 24.5. The van der Waals surface area contributed by atoms with Crippen LogP contribution < -0.4 is 4.74 Å². The average Bonchev–Trinajstić information content (AvgIpc) is 3.13. The third-order valence-electron chi connectivity index (χ3n) is 6.12. The van der Waals surface area contributed by atoms with Gasteiger partial charge in [-0.1, -0.05) is 6.07 Å². The molecule has 4 nitrogen and oxygen atoms in total. The molecule has 2 aliphatic rings. The van der Waals surface area contributed by atoms with E-state index in [4.69, 9.17) is 9.47 Å². The summed E-state index contributed by atoms with van der Waals surface area (Å²) < 4.78 is 66.9. The lowest BCUT2D eigenvalue weighted by Gasteiger charge is -2.26. The van der Waals surface area contributed by atoms with E-state index < -0.39 is 29.1 Å². The molecule has 35 heavy (non-hydrogen) atoms. The Bertz CT molecular complexity index is 1310. The third-order valence-corrected chi connectivity index (χ3v) is 6.12. The highest BCUT2D eigenvalue weighted by Crippen LogP contribution is 2.43. The summed E-state index contributed by atoms with van der Waals surface area (Å²) in [5.41, 5.74) is 1.20. The van der Waals surface area contributed by atoms with Gasteiger partial charge in [0.2, 0.25) is 0 Å². The van der Waals surface area contributed by atoms with Crippen LogP contribution in [0.2, 0.25) is 0 Å². The number of Topliss-reactive ketones (excluding diaryl/α,β-unsaturated/α-hetero) is 1. The molecule has 3 aromatic carbocycles. The van der Waals surface area contributed by atoms with E-state index in [-0.39, 0.29) is 27.8 Å². The van der Waals surface area contributed by atoms with Crippen molar-refractivity contribution >= 4 is 16.9 Å². The molecule has 0 saturated carbocycles. The fourth-order valence-electron chi connectivity index (χ4n) is 4.44. The summed E-state index contributed by atoms with van der Waals surface area (Å²) in [7, 11) is 0. The molecule has 0 N–H and O–H groups in total. The van der Waals surface area contributed by atoms with Gasteiger partial charge >= 0.3 is 0 Å². The van der Waals surface area contributed by atoms with Gasteiger partial charge in [-0.15, -0.1) is 0 Å². The van der Waals surface area contributed by atoms with Gasteiger partial charge in [0.25, 0.3) is 0 Å². The van der Waals surface area contributed by atoms with Crippen LogP contribution in [0.4, 0.5) is 17.6 Å². The molecule has 1 fully saturated rings. The molecule has 0 amide bonds. The van der Waals surface area contributed by atoms with Crippen LogP contribution in [0.25, 0.3) is 11.1 Å². The Morgan fingerprint density at radius 1 is 0.771 bits per heavy atom. The molecule has 3 aromatic rings. The predicted octanol–water partition coefficient (Wildman–Crippen LogP) is 5.11. The fraction of sp³-hybridized carbons (Fsp3) is 0.222. The Balaban J connectivity index is 1.51. The summed E-state index contributed by atoms with van der Waals surface area (Å²) >= 11 is 0. The minimum atomic E-state index is -1.13. The molecule has 1 aliphatic carbocycles. The van der Waals surface area contributed by atoms with Crippen molar-refractivity contribution in [2.45, 2.75) is 0 Å². The van der Waals surface area contributed by atoms with Crippen LogP contribution in [-0.2, 0) is 4.74 Å². The number of hydrogen-bond donors (Lipinski definition) is 0. The molecule has 0 unspecified atom stereocenters. The number of rotatable bonds is 6. The maximum atomic E-state index is 14.1. The van der Waals surface area contributed by atoms with Crippen molar-refractivity contribution in [1.82, 2.24) is 4.90 Å². The Morgan fingerprint density at radius 3 is 2.23 bits per heavy atom. The highest BCUT2D eigenvalue weighted by atomic mass is 19.2. The quantitative estimate of drug-likeness (QED) is 0.457. The molecule has 1 saturated heterocycles. The topological polar surface area (TPSA) is 38.8 Å². The summed E-state index contributed by atoms with van der Waals surface area (Å²) in [4.78, 5) is 15.7. The number of nitrogens with zero attached hydrogens (tertiary/aromatic N) is 1. The lowest BCUT2D eigenvalue weighted by atomic mass is 9.94. The maximum Gasteiger partial charge on any atom is 0.195 e. The normalized spacial score (nSPS) is 16.1. The van der Waals surface area contributed by atoms with Crippen LogP contribution in [0.15, 0.2) is 54.6 Å². The molecule has 0 radical (unpaired) electrons. The second-order valence-corrected chi connectivity index (χ2v) is 8.38. The van der Waals surface area contributed by atoms with E-state index in [9.17, 15) is 22.4 Å². The number of allylic oxidation sites excluding steroid dienone is 1. The zero-order valence-corrected chi connectivity index (χ0v) is 18.6. The summed E-state index contributed by atoms with van der Waals surface area (Å²) in [6.45, 7) is 4.09. The molecule has 0 atom stereocenters. The van der Waals surface area contributed by atoms with Crippen LogP contribution in [0.5, 0.6) is 5.75 Å². The lowest BCUT2D eigenvalue weighted by molar-refractivity contribution is 0.0322. The van der Waals surface area contributed by atoms with Crippen molar-refractivity contribution in [3.8, 4) is 5.75 Å². The van der Waals surface area contributed by atoms with Crippen LogP contribution in [0, 0.1) is 23.3 Å². The van der Waals surface area contributed by atoms with E-state index in [1.165, 1.54) is 6.07 Å². The number of carbonyl (C=O) groups excluding carboxylic acids is 1. The Labute approximate surface area is 199 Å². The van der Waals surface area contributed by atoms with Crippen molar-refractivity contribution < 1.29 is 31.8 Å². The number of fused-ring (bicyclic) bond motifs is 1. The molecule has 8 heteroatoms. The third kappa shape index (κ3) is 4.72. The Hall–Kier alpha value is -3.49. The summed E-state index contributed by atoms with van der Waals surface area (Å²) in [5, 5.41) is 0. The first kappa shape index (κ1) is 23.3. The van der Waals surface area contributed by atoms with Crippen LogP contribution >= 0.6 is 0 Å². The summed E-state index contributed by atoms with van der Waals surface area (Å²) in [6, 6.07) is 10.9. The highest BCUT2D eigenvalue weighted by molar-refractivity contribution is 6.41. The van der Waals surface area contributed by atoms with E-state index in [0.29, 0.717) is 37.7 Å². The number of ether oxygens (including phenoxy) is 2. The number of ketones is 1. The Morgan fingerprint density at radius 2 is 1.51 bits per heavy atom. The van der Waals surface area contributed by atoms with Gasteiger partial charge in [-0.3, -0.25) is 9.69 Å². The van der Waals surface area contributed by atoms with Crippen molar-refractivity contribution in [2.75, 3.05) is 39.5 Å². The molecule has 0 bridgehead atoms. The minimum absolute atomic E-state index is 0.0365. The lowest BCUT2D eigenvalue weighted by Crippen LogP contribution is -2.38. The molecule has 5 rings (SSSR count). The number of benzene rings is 3. The van der Waals surface area contributed by atoms with Crippen LogP contribution in [-0.4, -0.2) is 50.1 Å². The van der Waals surface area contributed by atoms with Gasteiger partial charge in [-0.25, -0.2) is 17.6 Å². The fourth-order valence-corrected chi connectivity index (χ4v) is 4.44. The van der Waals surface area contributed by atoms with E-state index in [1.807, 2.05) is 0 Å². The molecule has 0 spiro atoms. The number of hydrogen-bond acceptors (Lipinski definition) is 4. The van der Waals surface area contributed by atoms with Gasteiger partial charge in [0.15, 0.2) is 17.4 Å². The van der Waals surface area contributed by atoms with Gasteiger partial charge in [-0.05, 0) is 59.2 Å². The monoisotopic (exact) mass is 483 g/mol. The Kier molecular flexibility index (Phi) is 6.40. The SMILES string of the molecule is O=C1C(c2ccc(F)c(F)c2)=C(c2cc(F)cc(F)c2)c2ccc(OCCN3CCOCC3)cc21. The van der Waals surface area contributed by atoms with Gasteiger partial charge in [-0.2, -0.15) is 0 Å². The molecule has 0 aromatic heterocycles. The van der Waals surface area contributed by atoms with Crippen molar-refractivity contribution in [3.05, 3.63) is 100 Å². The van der Waals surface area contributed by atoms with Crippen LogP contribution in [0.3, 0.4) is 0 Å². The molecule has 1 aliphatic heterocycles. The second-order valence-electron chi connectivity index (χ2n) is 8.38. The van der Waals surface area contributed by atoms with Gasteiger partial charge in [0, 0.05) is 42.4 Å². The smallest absolute Gasteiger partial charge is 0.195 e. The van der Waals surface area contributed by atoms with Gasteiger partial charge in [0.05, 0.1) is 13.2 Å². The first-order chi connectivity index (χ1) is 16.9. The number of carbonyl (C=O) groups is 1. The van der Waals surface area contributed by atoms with Crippen LogP contribution in [0.1, 0.15) is 27.0 Å². The number of morpholine rings is 1. The summed E-state index contributed by atoms with van der Waals surface area (Å²) in [5.74, 6) is -3.84. The zero-order valence-electron chi connectivity index (χ0n) is 18.6. The van der Waals surface area contributed by atoms with E-state index >= 15 is 0 Å². The first-order valence-corrected chi connectivity index (χ1v) is 11.2. The van der Waals surface area contributed by atoms with E-state index in [1.54, 1.807) is 18.2 Å². The minimum Gasteiger partial charge on any atom is -0.492 e. The molecule has 180 valence electrons. The second kappa shape index (κ2) is 9.64. The summed E-state index contributed by atoms with van der Waals surface area (Å²) in [6.07, 6.45) is 0. The van der Waals surface area contributed by atoms with Crippen molar-refractivity contribution in [1.29, 1.82) is 0 Å². The van der Waals surface area contributed by atoms with E-state index in [0.717, 1.165) is 43.4 Å². The highest BCUT2D eigenvalue weighted by Gasteiger charge is 2.32. The van der Waals surface area contributed by atoms with Gasteiger partial charge in [0.1, 0.15) is 24.0 Å². The predicted molar refractivity (Wildman–Crippen MR) is 122 cm³/mol. The van der Waals surface area contributed by atoms with E-state index in [2.05, 4.69) is 4.90 Å². The largest absolute Gasteiger partial charge is 0.492 e. The van der Waals surface area contributed by atoms with Crippen molar-refractivity contribution in [2.24, 2.45) is 0 Å². The maximum absolute atomic E-state index is 14.1. The average molecular weight is 483 g/mol. The molecular formula is C27H21F4NO3. The molecular weight excluding hydrogens is 462 g/mol.